The maximum Gasteiger partial charge on any atom is 0.191 e. The zero-order chi connectivity index (χ0) is 17.2. The third-order valence-corrected chi connectivity index (χ3v) is 4.59. The molecule has 0 radical (unpaired) electrons. The van der Waals surface area contributed by atoms with Gasteiger partial charge in [-0.05, 0) is 31.7 Å². The quantitative estimate of drug-likeness (QED) is 0.591. The van der Waals surface area contributed by atoms with Gasteiger partial charge in [0.1, 0.15) is 0 Å². The highest BCUT2D eigenvalue weighted by Gasteiger charge is 2.19. The number of nitrogens with one attached hydrogen (secondary N) is 2. The summed E-state index contributed by atoms with van der Waals surface area (Å²) in [5, 5.41) is 6.99. The molecule has 2 rings (SSSR count). The monoisotopic (exact) mass is 332 g/mol. The van der Waals surface area contributed by atoms with E-state index in [9.17, 15) is 0 Å². The van der Waals surface area contributed by atoms with Gasteiger partial charge in [-0.1, -0.05) is 29.8 Å². The number of benzene rings is 1. The molecule has 0 aromatic heterocycles. The summed E-state index contributed by atoms with van der Waals surface area (Å²) in [5.74, 6) is 0.914. The molecule has 1 aliphatic rings. The molecule has 0 aliphatic carbocycles. The minimum atomic E-state index is 0.509. The third kappa shape index (κ3) is 6.49. The van der Waals surface area contributed by atoms with E-state index in [2.05, 4.69) is 51.7 Å². The topological polar surface area (TPSA) is 48.9 Å². The van der Waals surface area contributed by atoms with Crippen molar-refractivity contribution < 1.29 is 4.74 Å². The molecule has 1 aliphatic heterocycles. The maximum absolute atomic E-state index is 5.15. The van der Waals surface area contributed by atoms with Gasteiger partial charge in [-0.3, -0.25) is 4.99 Å². The number of aryl methyl sites for hydroxylation is 1. The Morgan fingerprint density at radius 1 is 1.25 bits per heavy atom. The maximum atomic E-state index is 5.15. The third-order valence-electron chi connectivity index (χ3n) is 4.59. The van der Waals surface area contributed by atoms with E-state index in [1.54, 1.807) is 7.11 Å². The second-order valence-corrected chi connectivity index (χ2v) is 6.49. The van der Waals surface area contributed by atoms with Crippen LogP contribution in [-0.4, -0.2) is 63.8 Å². The lowest BCUT2D eigenvalue weighted by Crippen LogP contribution is -2.49. The van der Waals surface area contributed by atoms with Crippen molar-refractivity contribution in [3.05, 3.63) is 35.4 Å². The molecule has 1 saturated heterocycles. The lowest BCUT2D eigenvalue weighted by atomic mass is 10.1. The fourth-order valence-electron chi connectivity index (χ4n) is 2.99. The number of hydrogen-bond donors (Lipinski definition) is 2. The van der Waals surface area contributed by atoms with Crippen molar-refractivity contribution in [2.75, 3.05) is 46.9 Å². The molecule has 0 unspecified atom stereocenters. The van der Waals surface area contributed by atoms with Crippen molar-refractivity contribution in [3.8, 4) is 0 Å². The normalized spacial score (nSPS) is 17.0. The van der Waals surface area contributed by atoms with Crippen LogP contribution in [0.15, 0.2) is 29.3 Å². The van der Waals surface area contributed by atoms with Gasteiger partial charge in [0.2, 0.25) is 0 Å². The summed E-state index contributed by atoms with van der Waals surface area (Å²) < 4.78 is 5.15. The molecular formula is C19H32N4O. The average Bonchev–Trinajstić information content (AvgIpc) is 2.62. The van der Waals surface area contributed by atoms with Crippen molar-refractivity contribution in [2.45, 2.75) is 32.2 Å². The zero-order valence-corrected chi connectivity index (χ0v) is 15.3. The minimum absolute atomic E-state index is 0.509. The van der Waals surface area contributed by atoms with Gasteiger partial charge in [-0.15, -0.1) is 0 Å². The van der Waals surface area contributed by atoms with Gasteiger partial charge in [0.05, 0.1) is 6.61 Å². The first-order chi connectivity index (χ1) is 11.7. The molecule has 0 saturated carbocycles. The van der Waals surface area contributed by atoms with E-state index >= 15 is 0 Å². The number of aliphatic imine (C=N–C) groups is 1. The number of guanidine groups is 1. The Labute approximate surface area is 146 Å². The summed E-state index contributed by atoms with van der Waals surface area (Å²) in [6.07, 6.45) is 3.32. The largest absolute Gasteiger partial charge is 0.383 e. The van der Waals surface area contributed by atoms with Gasteiger partial charge < -0.3 is 20.3 Å². The van der Waals surface area contributed by atoms with Crippen LogP contribution in [0.1, 0.15) is 24.0 Å². The molecule has 0 atom stereocenters. The summed E-state index contributed by atoms with van der Waals surface area (Å²) in [6.45, 7) is 7.12. The average molecular weight is 332 g/mol. The summed E-state index contributed by atoms with van der Waals surface area (Å²) >= 11 is 0. The van der Waals surface area contributed by atoms with Crippen LogP contribution in [-0.2, 0) is 11.2 Å². The standard InChI is InChI=1S/C19H32N4O/c1-16-4-6-17(7-5-16)8-11-21-19(20-2)22-18-9-12-23(13-10-18)14-15-24-3/h4-7,18H,8-15H2,1-3H3,(H2,20,21,22). The molecule has 134 valence electrons. The Morgan fingerprint density at radius 2 is 1.96 bits per heavy atom. The highest BCUT2D eigenvalue weighted by molar-refractivity contribution is 5.79. The molecule has 0 amide bonds. The predicted octanol–water partition coefficient (Wildman–Crippen LogP) is 1.81. The molecule has 1 heterocycles. The Kier molecular flexibility index (Phi) is 8.05. The highest BCUT2D eigenvalue weighted by Crippen LogP contribution is 2.09. The second-order valence-electron chi connectivity index (χ2n) is 6.49. The Hall–Kier alpha value is -1.59. The summed E-state index contributed by atoms with van der Waals surface area (Å²) in [6, 6.07) is 9.24. The number of rotatable bonds is 7. The first-order valence-corrected chi connectivity index (χ1v) is 8.95. The van der Waals surface area contributed by atoms with E-state index in [-0.39, 0.29) is 0 Å². The van der Waals surface area contributed by atoms with Crippen LogP contribution in [0.2, 0.25) is 0 Å². The number of piperidine rings is 1. The molecule has 24 heavy (non-hydrogen) atoms. The van der Waals surface area contributed by atoms with Crippen LogP contribution in [0.5, 0.6) is 0 Å². The Balaban J connectivity index is 1.66. The van der Waals surface area contributed by atoms with E-state index in [0.717, 1.165) is 58.0 Å². The first-order valence-electron chi connectivity index (χ1n) is 8.95. The van der Waals surface area contributed by atoms with Gasteiger partial charge in [0, 0.05) is 46.4 Å². The molecule has 5 heteroatoms. The van der Waals surface area contributed by atoms with Crippen LogP contribution >= 0.6 is 0 Å². The van der Waals surface area contributed by atoms with Crippen molar-refractivity contribution in [1.29, 1.82) is 0 Å². The first kappa shape index (κ1) is 18.7. The SMILES string of the molecule is CN=C(NCCc1ccc(C)cc1)NC1CCN(CCOC)CC1. The number of methoxy groups -OCH3 is 1. The molecule has 0 spiro atoms. The minimum Gasteiger partial charge on any atom is -0.383 e. The molecular weight excluding hydrogens is 300 g/mol. The highest BCUT2D eigenvalue weighted by atomic mass is 16.5. The molecule has 1 fully saturated rings. The van der Waals surface area contributed by atoms with Gasteiger partial charge >= 0.3 is 0 Å². The molecule has 1 aromatic carbocycles. The fourth-order valence-corrected chi connectivity index (χ4v) is 2.99. The van der Waals surface area contributed by atoms with Crippen LogP contribution in [0.4, 0.5) is 0 Å². The van der Waals surface area contributed by atoms with E-state index in [1.165, 1.54) is 11.1 Å². The summed E-state index contributed by atoms with van der Waals surface area (Å²) in [5.41, 5.74) is 2.66. The number of hydrogen-bond acceptors (Lipinski definition) is 3. The number of nitrogens with zero attached hydrogens (tertiary/aromatic N) is 2. The van der Waals surface area contributed by atoms with Crippen LogP contribution < -0.4 is 10.6 Å². The molecule has 2 N–H and O–H groups in total. The lowest BCUT2D eigenvalue weighted by molar-refractivity contribution is 0.128. The zero-order valence-electron chi connectivity index (χ0n) is 15.3. The van der Waals surface area contributed by atoms with Crippen molar-refractivity contribution in [1.82, 2.24) is 15.5 Å². The van der Waals surface area contributed by atoms with E-state index in [0.29, 0.717) is 6.04 Å². The van der Waals surface area contributed by atoms with Crippen LogP contribution in [0.3, 0.4) is 0 Å². The summed E-state index contributed by atoms with van der Waals surface area (Å²) in [4.78, 5) is 6.82. The van der Waals surface area contributed by atoms with E-state index in [1.807, 2.05) is 7.05 Å². The van der Waals surface area contributed by atoms with E-state index < -0.39 is 0 Å². The van der Waals surface area contributed by atoms with Gasteiger partial charge in [0.25, 0.3) is 0 Å². The van der Waals surface area contributed by atoms with Gasteiger partial charge in [-0.2, -0.15) is 0 Å². The number of ether oxygens (including phenoxy) is 1. The Morgan fingerprint density at radius 3 is 2.58 bits per heavy atom. The van der Waals surface area contributed by atoms with Crippen molar-refractivity contribution in [2.24, 2.45) is 4.99 Å². The lowest BCUT2D eigenvalue weighted by Gasteiger charge is -2.32. The van der Waals surface area contributed by atoms with Gasteiger partial charge in [0.15, 0.2) is 5.96 Å². The summed E-state index contributed by atoms with van der Waals surface area (Å²) in [7, 11) is 3.61. The Bertz CT molecular complexity index is 493. The van der Waals surface area contributed by atoms with Crippen LogP contribution in [0, 0.1) is 6.92 Å². The van der Waals surface area contributed by atoms with Crippen molar-refractivity contribution in [3.63, 3.8) is 0 Å². The van der Waals surface area contributed by atoms with Gasteiger partial charge in [-0.25, -0.2) is 0 Å². The predicted molar refractivity (Wildman–Crippen MR) is 101 cm³/mol. The molecule has 1 aromatic rings. The van der Waals surface area contributed by atoms with Crippen molar-refractivity contribution >= 4 is 5.96 Å². The van der Waals surface area contributed by atoms with E-state index in [4.69, 9.17) is 4.74 Å². The molecule has 5 nitrogen and oxygen atoms in total. The molecule has 0 bridgehead atoms. The number of likely N-dealkylation sites (tertiary alicyclic amines) is 1. The fraction of sp³-hybridized carbons (Fsp3) is 0.632. The smallest absolute Gasteiger partial charge is 0.191 e. The van der Waals surface area contributed by atoms with Crippen LogP contribution in [0.25, 0.3) is 0 Å². The second kappa shape index (κ2) is 10.3.